The van der Waals surface area contributed by atoms with Crippen LogP contribution < -0.4 is 9.46 Å². The standard InChI is InChI=1S/C22H19F2NO5S.H2/c1-14-2-8-18(13-19(14)22(26)27)31(28,29)25-11-10-15-3-5-16(6-4-15)30-17-7-9-20(23)21(24)12-17;/h2-9,12-13,25H,10-11H2,1H3,(H,26,27);1H. The molecule has 0 aromatic heterocycles. The molecule has 0 saturated heterocycles. The van der Waals surface area contributed by atoms with Crippen LogP contribution in [0.3, 0.4) is 0 Å². The molecule has 0 aliphatic heterocycles. The molecule has 9 heteroatoms. The lowest BCUT2D eigenvalue weighted by molar-refractivity contribution is 0.0696. The van der Waals surface area contributed by atoms with Crippen LogP contribution in [0.15, 0.2) is 65.6 Å². The number of aromatic carboxylic acids is 1. The SMILES string of the molecule is Cc1ccc(S(=O)(=O)NCCc2ccc(Oc3ccc(F)c(F)c3)cc2)cc1C(=O)O.[HH]. The molecule has 0 amide bonds. The summed E-state index contributed by atoms with van der Waals surface area (Å²) in [5, 5.41) is 9.16. The smallest absolute Gasteiger partial charge is 0.335 e. The zero-order valence-electron chi connectivity index (χ0n) is 16.4. The third-order valence-electron chi connectivity index (χ3n) is 4.51. The van der Waals surface area contributed by atoms with Crippen LogP contribution in [0.5, 0.6) is 11.5 Å². The number of carboxylic acids is 1. The van der Waals surface area contributed by atoms with Gasteiger partial charge < -0.3 is 9.84 Å². The van der Waals surface area contributed by atoms with Crippen LogP contribution in [-0.4, -0.2) is 26.0 Å². The third-order valence-corrected chi connectivity index (χ3v) is 5.96. The summed E-state index contributed by atoms with van der Waals surface area (Å²) in [5.74, 6) is -2.60. The van der Waals surface area contributed by atoms with Crippen molar-refractivity contribution < 1.29 is 33.3 Å². The molecule has 0 aliphatic rings. The second kappa shape index (κ2) is 9.23. The number of aryl methyl sites for hydroxylation is 1. The Morgan fingerprint density at radius 2 is 1.68 bits per heavy atom. The molecular weight excluding hydrogens is 428 g/mol. The van der Waals surface area contributed by atoms with E-state index in [1.165, 1.54) is 18.2 Å². The average Bonchev–Trinajstić information content (AvgIpc) is 2.72. The fourth-order valence-electron chi connectivity index (χ4n) is 2.81. The maximum atomic E-state index is 13.2. The van der Waals surface area contributed by atoms with E-state index in [9.17, 15) is 22.0 Å². The Balaban J connectivity index is 0.00000363. The fourth-order valence-corrected chi connectivity index (χ4v) is 3.87. The van der Waals surface area contributed by atoms with Crippen molar-refractivity contribution in [2.75, 3.05) is 6.54 Å². The fraction of sp³-hybridized carbons (Fsp3) is 0.136. The number of rotatable bonds is 8. The highest BCUT2D eigenvalue weighted by Gasteiger charge is 2.17. The highest BCUT2D eigenvalue weighted by atomic mass is 32.2. The van der Waals surface area contributed by atoms with Gasteiger partial charge in [-0.1, -0.05) is 18.2 Å². The van der Waals surface area contributed by atoms with E-state index in [1.54, 1.807) is 31.2 Å². The van der Waals surface area contributed by atoms with E-state index in [2.05, 4.69) is 4.72 Å². The quantitative estimate of drug-likeness (QED) is 0.527. The predicted octanol–water partition coefficient (Wildman–Crippen LogP) is 4.53. The average molecular weight is 449 g/mol. The lowest BCUT2D eigenvalue weighted by atomic mass is 10.1. The second-order valence-electron chi connectivity index (χ2n) is 6.75. The van der Waals surface area contributed by atoms with Crippen LogP contribution in [0, 0.1) is 18.6 Å². The van der Waals surface area contributed by atoms with Crippen LogP contribution in [0.1, 0.15) is 22.9 Å². The summed E-state index contributed by atoms with van der Waals surface area (Å²) in [6, 6.07) is 13.9. The molecule has 0 radical (unpaired) electrons. The molecule has 0 fully saturated rings. The van der Waals surface area contributed by atoms with Gasteiger partial charge in [0.1, 0.15) is 11.5 Å². The van der Waals surface area contributed by atoms with Crippen LogP contribution in [0.25, 0.3) is 0 Å². The molecule has 2 N–H and O–H groups in total. The molecule has 164 valence electrons. The first kappa shape index (κ1) is 22.4. The van der Waals surface area contributed by atoms with Gasteiger partial charge in [0, 0.05) is 14.0 Å². The Morgan fingerprint density at radius 3 is 2.32 bits per heavy atom. The summed E-state index contributed by atoms with van der Waals surface area (Å²) in [6.07, 6.45) is 0.377. The number of benzene rings is 3. The van der Waals surface area contributed by atoms with Gasteiger partial charge in [-0.05, 0) is 60.9 Å². The lowest BCUT2D eigenvalue weighted by Crippen LogP contribution is -2.26. The monoisotopic (exact) mass is 449 g/mol. The van der Waals surface area contributed by atoms with E-state index in [4.69, 9.17) is 9.84 Å². The van der Waals surface area contributed by atoms with Gasteiger partial charge >= 0.3 is 5.97 Å². The van der Waals surface area contributed by atoms with Crippen molar-refractivity contribution >= 4 is 16.0 Å². The minimum Gasteiger partial charge on any atom is -0.478 e. The van der Waals surface area contributed by atoms with Crippen LogP contribution in [-0.2, 0) is 16.4 Å². The summed E-state index contributed by atoms with van der Waals surface area (Å²) < 4.78 is 59.0. The van der Waals surface area contributed by atoms with E-state index >= 15 is 0 Å². The lowest BCUT2D eigenvalue weighted by Gasteiger charge is -2.10. The summed E-state index contributed by atoms with van der Waals surface area (Å²) >= 11 is 0. The van der Waals surface area contributed by atoms with E-state index in [-0.39, 0.29) is 24.2 Å². The van der Waals surface area contributed by atoms with Crippen LogP contribution in [0.2, 0.25) is 0 Å². The van der Waals surface area contributed by atoms with Crippen molar-refractivity contribution in [3.63, 3.8) is 0 Å². The summed E-state index contributed by atoms with van der Waals surface area (Å²) in [7, 11) is -3.86. The Kier molecular flexibility index (Phi) is 6.67. The first-order valence-electron chi connectivity index (χ1n) is 9.21. The number of halogens is 2. The van der Waals surface area contributed by atoms with Crippen LogP contribution >= 0.6 is 0 Å². The third kappa shape index (κ3) is 5.65. The van der Waals surface area contributed by atoms with Gasteiger partial charge in [0.2, 0.25) is 10.0 Å². The molecule has 0 spiro atoms. The van der Waals surface area contributed by atoms with Gasteiger partial charge in [-0.3, -0.25) is 0 Å². The Hall–Kier alpha value is -3.30. The Labute approximate surface area is 179 Å². The first-order valence-corrected chi connectivity index (χ1v) is 10.7. The van der Waals surface area contributed by atoms with Gasteiger partial charge in [-0.15, -0.1) is 0 Å². The largest absolute Gasteiger partial charge is 0.478 e. The van der Waals surface area contributed by atoms with Gasteiger partial charge in [0.15, 0.2) is 11.6 Å². The molecule has 3 aromatic rings. The zero-order chi connectivity index (χ0) is 22.6. The highest BCUT2D eigenvalue weighted by molar-refractivity contribution is 7.89. The number of nitrogens with one attached hydrogen (secondary N) is 1. The number of hydrogen-bond acceptors (Lipinski definition) is 4. The topological polar surface area (TPSA) is 92.7 Å². The van der Waals surface area contributed by atoms with Crippen molar-refractivity contribution in [3.05, 3.63) is 89.0 Å². The molecule has 0 heterocycles. The van der Waals surface area contributed by atoms with E-state index in [0.29, 0.717) is 17.7 Å². The van der Waals surface area contributed by atoms with Crippen molar-refractivity contribution in [2.45, 2.75) is 18.2 Å². The summed E-state index contributed by atoms with van der Waals surface area (Å²) in [4.78, 5) is 11.1. The minimum absolute atomic E-state index is 0. The van der Waals surface area contributed by atoms with Crippen molar-refractivity contribution in [1.82, 2.24) is 4.72 Å². The number of hydrogen-bond donors (Lipinski definition) is 2. The van der Waals surface area contributed by atoms with Gasteiger partial charge in [0.05, 0.1) is 10.5 Å². The maximum absolute atomic E-state index is 13.2. The Bertz CT molecular complexity index is 1220. The van der Waals surface area contributed by atoms with Crippen molar-refractivity contribution in [2.24, 2.45) is 0 Å². The van der Waals surface area contributed by atoms with Crippen LogP contribution in [0.4, 0.5) is 8.78 Å². The molecule has 0 unspecified atom stereocenters. The second-order valence-corrected chi connectivity index (χ2v) is 8.52. The van der Waals surface area contributed by atoms with Crippen molar-refractivity contribution in [1.29, 1.82) is 0 Å². The molecular formula is C22H21F2NO5S. The molecule has 31 heavy (non-hydrogen) atoms. The predicted molar refractivity (Wildman–Crippen MR) is 112 cm³/mol. The van der Waals surface area contributed by atoms with Gasteiger partial charge in [0.25, 0.3) is 0 Å². The summed E-state index contributed by atoms with van der Waals surface area (Å²) in [5.41, 5.74) is 1.21. The molecule has 0 atom stereocenters. The maximum Gasteiger partial charge on any atom is 0.335 e. The van der Waals surface area contributed by atoms with E-state index in [0.717, 1.165) is 23.8 Å². The normalized spacial score (nSPS) is 11.3. The molecule has 0 saturated carbocycles. The number of carboxylic acid groups (broad SMARTS) is 1. The zero-order valence-corrected chi connectivity index (χ0v) is 17.2. The number of carbonyl (C=O) groups is 1. The number of sulfonamides is 1. The van der Waals surface area contributed by atoms with E-state index < -0.39 is 27.6 Å². The highest BCUT2D eigenvalue weighted by Crippen LogP contribution is 2.23. The minimum atomic E-state index is -3.86. The molecule has 6 nitrogen and oxygen atoms in total. The molecule has 0 aliphatic carbocycles. The summed E-state index contributed by atoms with van der Waals surface area (Å²) in [6.45, 7) is 1.69. The molecule has 3 rings (SSSR count). The number of ether oxygens (including phenoxy) is 1. The van der Waals surface area contributed by atoms with Gasteiger partial charge in [-0.25, -0.2) is 26.7 Å². The molecule has 3 aromatic carbocycles. The van der Waals surface area contributed by atoms with E-state index in [1.807, 2.05) is 0 Å². The Morgan fingerprint density at radius 1 is 1.00 bits per heavy atom. The molecule has 0 bridgehead atoms. The van der Waals surface area contributed by atoms with Crippen molar-refractivity contribution in [3.8, 4) is 11.5 Å². The first-order chi connectivity index (χ1) is 14.7. The van der Waals surface area contributed by atoms with Gasteiger partial charge in [-0.2, -0.15) is 0 Å².